The molecule has 138 valence electrons. The molecule has 2 N–H and O–H groups in total. The van der Waals surface area contributed by atoms with Crippen LogP contribution >= 0.6 is 11.3 Å². The average Bonchev–Trinajstić information content (AvgIpc) is 3.44. The van der Waals surface area contributed by atoms with Gasteiger partial charge in [0.2, 0.25) is 5.91 Å². The van der Waals surface area contributed by atoms with Gasteiger partial charge in [0.25, 0.3) is 11.5 Å². The smallest absolute Gasteiger partial charge is 0.266 e. The topological polar surface area (TPSA) is 93.1 Å². The predicted molar refractivity (Wildman–Crippen MR) is 105 cm³/mol. The van der Waals surface area contributed by atoms with E-state index in [2.05, 4.69) is 15.6 Å². The Balaban J connectivity index is 1.53. The first-order valence-electron chi connectivity index (χ1n) is 8.61. The van der Waals surface area contributed by atoms with Crippen LogP contribution in [0.1, 0.15) is 28.1 Å². The largest absolute Gasteiger partial charge is 0.326 e. The minimum Gasteiger partial charge on any atom is -0.326 e. The number of thiophene rings is 1. The SMILES string of the molecule is Cc1c(C(=O)Nc2ccc(NC(=O)C3CC3)cc2)sc2ncn(C)c(=O)c12. The van der Waals surface area contributed by atoms with Crippen LogP contribution in [-0.4, -0.2) is 21.4 Å². The van der Waals surface area contributed by atoms with Gasteiger partial charge >= 0.3 is 0 Å². The summed E-state index contributed by atoms with van der Waals surface area (Å²) in [5.74, 6) is -0.101. The maximum atomic E-state index is 12.7. The summed E-state index contributed by atoms with van der Waals surface area (Å²) < 4.78 is 1.40. The summed E-state index contributed by atoms with van der Waals surface area (Å²) in [4.78, 5) is 42.0. The highest BCUT2D eigenvalue weighted by Gasteiger charge is 2.29. The number of fused-ring (bicyclic) bond motifs is 1. The monoisotopic (exact) mass is 382 g/mol. The highest BCUT2D eigenvalue weighted by Crippen LogP contribution is 2.30. The number of carbonyl (C=O) groups excluding carboxylic acids is 2. The van der Waals surface area contributed by atoms with Crippen molar-refractivity contribution >= 4 is 44.7 Å². The molecular formula is C19H18N4O3S. The van der Waals surface area contributed by atoms with Crippen LogP contribution in [0.25, 0.3) is 10.2 Å². The fourth-order valence-corrected chi connectivity index (χ4v) is 3.87. The first kappa shape index (κ1) is 17.4. The van der Waals surface area contributed by atoms with E-state index in [0.717, 1.165) is 12.8 Å². The van der Waals surface area contributed by atoms with E-state index < -0.39 is 0 Å². The van der Waals surface area contributed by atoms with Crippen molar-refractivity contribution in [3.05, 3.63) is 51.4 Å². The molecule has 0 radical (unpaired) electrons. The van der Waals surface area contributed by atoms with E-state index in [1.54, 1.807) is 38.2 Å². The highest BCUT2D eigenvalue weighted by molar-refractivity contribution is 7.20. The zero-order valence-corrected chi connectivity index (χ0v) is 15.7. The maximum Gasteiger partial charge on any atom is 0.266 e. The lowest BCUT2D eigenvalue weighted by molar-refractivity contribution is -0.117. The summed E-state index contributed by atoms with van der Waals surface area (Å²) in [6.45, 7) is 1.76. The van der Waals surface area contributed by atoms with E-state index in [1.807, 2.05) is 0 Å². The zero-order chi connectivity index (χ0) is 19.1. The molecule has 2 heterocycles. The van der Waals surface area contributed by atoms with Gasteiger partial charge in [0.05, 0.1) is 16.6 Å². The third-order valence-electron chi connectivity index (χ3n) is 4.58. The van der Waals surface area contributed by atoms with Crippen molar-refractivity contribution in [3.8, 4) is 0 Å². The highest BCUT2D eigenvalue weighted by atomic mass is 32.1. The summed E-state index contributed by atoms with van der Waals surface area (Å²) in [7, 11) is 1.63. The van der Waals surface area contributed by atoms with Crippen molar-refractivity contribution in [1.29, 1.82) is 0 Å². The quantitative estimate of drug-likeness (QED) is 0.726. The van der Waals surface area contributed by atoms with E-state index in [0.29, 0.717) is 32.0 Å². The van der Waals surface area contributed by atoms with E-state index in [4.69, 9.17) is 0 Å². The number of anilines is 2. The van der Waals surface area contributed by atoms with Gasteiger partial charge in [-0.1, -0.05) is 0 Å². The minimum absolute atomic E-state index is 0.0433. The summed E-state index contributed by atoms with van der Waals surface area (Å²) in [6.07, 6.45) is 3.36. The molecule has 0 aliphatic heterocycles. The van der Waals surface area contributed by atoms with Gasteiger partial charge in [-0.25, -0.2) is 4.98 Å². The number of hydrogen-bond donors (Lipinski definition) is 2. The van der Waals surface area contributed by atoms with Crippen LogP contribution in [-0.2, 0) is 11.8 Å². The summed E-state index contributed by atoms with van der Waals surface area (Å²) in [5, 5.41) is 6.17. The van der Waals surface area contributed by atoms with Crippen molar-refractivity contribution in [1.82, 2.24) is 9.55 Å². The molecule has 0 bridgehead atoms. The van der Waals surface area contributed by atoms with Crippen LogP contribution < -0.4 is 16.2 Å². The van der Waals surface area contributed by atoms with Crippen LogP contribution in [0.15, 0.2) is 35.4 Å². The average molecular weight is 382 g/mol. The number of rotatable bonds is 4. The molecule has 1 aliphatic rings. The van der Waals surface area contributed by atoms with E-state index in [-0.39, 0.29) is 23.3 Å². The molecule has 0 atom stereocenters. The molecule has 2 aromatic heterocycles. The molecule has 1 aromatic carbocycles. The molecular weight excluding hydrogens is 364 g/mol. The number of aromatic nitrogens is 2. The van der Waals surface area contributed by atoms with Gasteiger partial charge in [-0.3, -0.25) is 14.4 Å². The number of hydrogen-bond acceptors (Lipinski definition) is 5. The number of aryl methyl sites for hydroxylation is 2. The van der Waals surface area contributed by atoms with Gasteiger partial charge in [-0.05, 0) is 49.6 Å². The molecule has 0 spiro atoms. The van der Waals surface area contributed by atoms with Gasteiger partial charge in [-0.2, -0.15) is 0 Å². The molecule has 1 fully saturated rings. The fourth-order valence-electron chi connectivity index (χ4n) is 2.84. The Morgan fingerprint density at radius 3 is 2.41 bits per heavy atom. The van der Waals surface area contributed by atoms with E-state index >= 15 is 0 Å². The second kappa shape index (κ2) is 6.62. The van der Waals surface area contributed by atoms with Crippen molar-refractivity contribution in [2.75, 3.05) is 10.6 Å². The van der Waals surface area contributed by atoms with Gasteiger partial charge < -0.3 is 15.2 Å². The lowest BCUT2D eigenvalue weighted by Gasteiger charge is -2.07. The molecule has 1 aliphatic carbocycles. The molecule has 2 amide bonds. The Labute approximate surface area is 159 Å². The lowest BCUT2D eigenvalue weighted by atomic mass is 10.2. The van der Waals surface area contributed by atoms with Crippen LogP contribution in [0.5, 0.6) is 0 Å². The Kier molecular flexibility index (Phi) is 4.27. The summed E-state index contributed by atoms with van der Waals surface area (Å²) >= 11 is 1.20. The van der Waals surface area contributed by atoms with Crippen LogP contribution in [0.3, 0.4) is 0 Å². The number of nitrogens with one attached hydrogen (secondary N) is 2. The zero-order valence-electron chi connectivity index (χ0n) is 14.9. The van der Waals surface area contributed by atoms with Crippen molar-refractivity contribution in [3.63, 3.8) is 0 Å². The molecule has 27 heavy (non-hydrogen) atoms. The molecule has 0 saturated heterocycles. The van der Waals surface area contributed by atoms with Crippen LogP contribution in [0.2, 0.25) is 0 Å². The predicted octanol–water partition coefficient (Wildman–Crippen LogP) is 2.90. The van der Waals surface area contributed by atoms with Crippen molar-refractivity contribution < 1.29 is 9.59 Å². The fraction of sp³-hybridized carbons (Fsp3) is 0.263. The molecule has 4 rings (SSSR count). The second-order valence-electron chi connectivity index (χ2n) is 6.69. The minimum atomic E-state index is -0.285. The number of amides is 2. The second-order valence-corrected chi connectivity index (χ2v) is 7.69. The Bertz CT molecular complexity index is 1110. The standard InChI is InChI=1S/C19H18N4O3S/c1-10-14-18(20-9-23(2)19(14)26)27-15(10)17(25)22-13-7-5-12(6-8-13)21-16(24)11-3-4-11/h5-9,11H,3-4H2,1-2H3,(H,21,24)(H,22,25). The van der Waals surface area contributed by atoms with E-state index in [9.17, 15) is 14.4 Å². The third kappa shape index (κ3) is 3.35. The van der Waals surface area contributed by atoms with Crippen LogP contribution in [0.4, 0.5) is 11.4 Å². The Hall–Kier alpha value is -3.00. The first-order valence-corrected chi connectivity index (χ1v) is 9.42. The first-order chi connectivity index (χ1) is 12.9. The Morgan fingerprint density at radius 2 is 1.78 bits per heavy atom. The van der Waals surface area contributed by atoms with Gasteiger partial charge in [0.15, 0.2) is 0 Å². The third-order valence-corrected chi connectivity index (χ3v) is 5.77. The lowest BCUT2D eigenvalue weighted by Crippen LogP contribution is -2.17. The van der Waals surface area contributed by atoms with Gasteiger partial charge in [0, 0.05) is 24.3 Å². The Morgan fingerprint density at radius 1 is 1.15 bits per heavy atom. The number of carbonyl (C=O) groups is 2. The summed E-state index contributed by atoms with van der Waals surface area (Å²) in [6, 6.07) is 6.98. The van der Waals surface area contributed by atoms with Crippen molar-refractivity contribution in [2.45, 2.75) is 19.8 Å². The summed E-state index contributed by atoms with van der Waals surface area (Å²) in [5.41, 5.74) is 1.79. The molecule has 1 saturated carbocycles. The van der Waals surface area contributed by atoms with Crippen molar-refractivity contribution in [2.24, 2.45) is 13.0 Å². The number of nitrogens with zero attached hydrogens (tertiary/aromatic N) is 2. The van der Waals surface area contributed by atoms with Crippen LogP contribution in [0, 0.1) is 12.8 Å². The number of benzene rings is 1. The van der Waals surface area contributed by atoms with Gasteiger partial charge in [-0.15, -0.1) is 11.3 Å². The maximum absolute atomic E-state index is 12.7. The normalized spacial score (nSPS) is 13.6. The molecule has 8 heteroatoms. The van der Waals surface area contributed by atoms with E-state index in [1.165, 1.54) is 22.2 Å². The molecule has 0 unspecified atom stereocenters. The van der Waals surface area contributed by atoms with Gasteiger partial charge in [0.1, 0.15) is 4.83 Å². The molecule has 3 aromatic rings. The molecule has 7 nitrogen and oxygen atoms in total.